The van der Waals surface area contributed by atoms with E-state index in [0.717, 1.165) is 45.3 Å². The number of halogens is 3. The Hall–Kier alpha value is -6.92. The number of hydrogen-bond acceptors (Lipinski definition) is 17. The van der Waals surface area contributed by atoms with Crippen molar-refractivity contribution in [3.05, 3.63) is 223 Å². The molecule has 4 atom stereocenters. The van der Waals surface area contributed by atoms with E-state index in [-0.39, 0.29) is 124 Å². The molecule has 5 heterocycles. The summed E-state index contributed by atoms with van der Waals surface area (Å²) in [5.41, 5.74) is 10.4. The summed E-state index contributed by atoms with van der Waals surface area (Å²) in [4.78, 5) is 38.0. The third kappa shape index (κ3) is 32.2. The summed E-state index contributed by atoms with van der Waals surface area (Å²) in [5, 5.41) is 34.3. The predicted octanol–water partition coefficient (Wildman–Crippen LogP) is 12.3. The summed E-state index contributed by atoms with van der Waals surface area (Å²) < 4.78 is 58.8. The second kappa shape index (κ2) is 47.0. The number of aliphatic hydroxyl groups is 4. The molecule has 4 N–H and O–H groups in total. The number of methoxy groups -OCH3 is 4. The van der Waals surface area contributed by atoms with E-state index >= 15 is 0 Å². The zero-order valence-electron chi connectivity index (χ0n) is 53.0. The number of rotatable bonds is 13. The normalized spacial score (nSPS) is 11.0. The molecule has 10 rings (SSSR count). The first-order valence-corrected chi connectivity index (χ1v) is 27.8. The van der Waals surface area contributed by atoms with Crippen LogP contribution in [0.25, 0.3) is 56.3 Å². The minimum absolute atomic E-state index is 0. The van der Waals surface area contributed by atoms with Gasteiger partial charge in [0.25, 0.3) is 0 Å². The predicted molar refractivity (Wildman–Crippen MR) is 335 cm³/mol. The van der Waals surface area contributed by atoms with Gasteiger partial charge in [0.1, 0.15) is 0 Å². The molecule has 93 heavy (non-hydrogen) atoms. The Morgan fingerprint density at radius 1 is 0.376 bits per heavy atom. The maximum atomic E-state index is 12.8. The van der Waals surface area contributed by atoms with Crippen LogP contribution in [0.5, 0.6) is 23.5 Å². The molecule has 0 spiro atoms. The summed E-state index contributed by atoms with van der Waals surface area (Å²) in [7, 11) is 6.17. The molecule has 2 radical (unpaired) electrons. The van der Waals surface area contributed by atoms with Crippen molar-refractivity contribution in [1.29, 1.82) is 0 Å². The average molecular weight is 1990 g/mol. The van der Waals surface area contributed by atoms with E-state index in [1.54, 1.807) is 84.0 Å². The van der Waals surface area contributed by atoms with E-state index in [2.05, 4.69) is 75.2 Å². The molecule has 506 valence electrons. The Labute approximate surface area is 598 Å². The summed E-state index contributed by atoms with van der Waals surface area (Å²) in [6.07, 6.45) is 7.86. The number of nitrogens with zero attached hydrogens (tertiary/aromatic N) is 9. The van der Waals surface area contributed by atoms with Gasteiger partial charge in [0.2, 0.25) is 0 Å². The van der Waals surface area contributed by atoms with Crippen LogP contribution in [0.4, 0.5) is 13.2 Å². The maximum Gasteiger partial charge on any atom is 0.194 e. The molecule has 10 aromatic rings. The second-order valence-corrected chi connectivity index (χ2v) is 19.4. The van der Waals surface area contributed by atoms with E-state index in [0.29, 0.717) is 70.1 Å². The average Bonchev–Trinajstić information content (AvgIpc) is 2.16. The molecule has 0 saturated heterocycles. The molecule has 24 heteroatoms. The SMILES string of the molecule is CC(O)CC(C)O.CC(O)CC(C)O.COc1nc(C)cnc1-c1[c-]cc(F)cc1.COc1nc(C)cnc1-c1[c-]cc(F)cc1.COc1nc(C)cnc1-c1[c-]cc(F)cc1.COc1nc(C)cnc1-c1[c-]cccc1.[Ir].[Ir].[Pt].[Pt].[c-]1ccccc1-c1ccccn1. The molecule has 0 saturated carbocycles. The van der Waals surface area contributed by atoms with Gasteiger partial charge < -0.3 is 44.4 Å². The van der Waals surface area contributed by atoms with Gasteiger partial charge in [-0.25, -0.2) is 19.9 Å². The first-order chi connectivity index (χ1) is 42.6. The summed E-state index contributed by atoms with van der Waals surface area (Å²) >= 11 is 0. The van der Waals surface area contributed by atoms with Crippen LogP contribution in [0, 0.1) is 75.5 Å². The van der Waals surface area contributed by atoms with Gasteiger partial charge in [-0.15, -0.1) is 161 Å². The number of benzene rings is 5. The molecule has 5 aromatic carbocycles. The monoisotopic (exact) mass is 1990 g/mol. The first kappa shape index (κ1) is 86.1. The van der Waals surface area contributed by atoms with Gasteiger partial charge in [0.05, 0.1) is 75.6 Å². The number of aliphatic hydroxyl groups excluding tert-OH is 4. The fourth-order valence-electron chi connectivity index (χ4n) is 7.39. The molecule has 4 unspecified atom stereocenters. The first-order valence-electron chi connectivity index (χ1n) is 27.8. The van der Waals surface area contributed by atoms with Crippen molar-refractivity contribution in [1.82, 2.24) is 44.9 Å². The van der Waals surface area contributed by atoms with Crippen molar-refractivity contribution in [2.45, 2.75) is 92.6 Å². The van der Waals surface area contributed by atoms with E-state index in [4.69, 9.17) is 39.4 Å². The fraction of sp³-hybridized carbons (Fsp3) is 0.261. The molecule has 0 amide bonds. The number of ether oxygens (including phenoxy) is 4. The zero-order chi connectivity index (χ0) is 65.3. The van der Waals surface area contributed by atoms with Crippen molar-refractivity contribution in [2.24, 2.45) is 0 Å². The van der Waals surface area contributed by atoms with Gasteiger partial charge in [0, 0.05) is 154 Å². The summed E-state index contributed by atoms with van der Waals surface area (Å²) in [6, 6.07) is 48.5. The Morgan fingerprint density at radius 2 is 0.656 bits per heavy atom. The van der Waals surface area contributed by atoms with Crippen LogP contribution in [0.2, 0.25) is 0 Å². The minimum atomic E-state index is -0.375. The van der Waals surface area contributed by atoms with Gasteiger partial charge in [-0.1, -0.05) is 12.1 Å². The molecule has 0 bridgehead atoms. The van der Waals surface area contributed by atoms with E-state index in [1.807, 2.05) is 94.4 Å². The van der Waals surface area contributed by atoms with Crippen LogP contribution in [-0.4, -0.2) is 118 Å². The molecule has 0 fully saturated rings. The van der Waals surface area contributed by atoms with Crippen LogP contribution in [0.15, 0.2) is 152 Å². The largest absolute Gasteiger partial charge is 0.486 e. The third-order valence-electron chi connectivity index (χ3n) is 11.3. The standard InChI is InChI=1S/3C12H10FN2O.C12H11N2O.C11H8N.2C5H12O2.2Ir.2Pt/c3*1-8-7-14-11(12(15-8)16-2)9-3-5-10(13)6-4-9;1-9-8-13-11(12(14-9)15-2)10-6-4-3-5-7-10;1-2-6-10(7-3-1)11-8-4-5-9-12-11;2*1-4(6)3-5(2)7;;;;/h3*3,5-7H,1-2H3;3-6,8H,1-2H3;1-6,8-9H;2*4-7H,3H2,1-2H3;;;;/q5*-1;;;;;;. The van der Waals surface area contributed by atoms with Crippen molar-refractivity contribution >= 4 is 0 Å². The Morgan fingerprint density at radius 3 is 0.871 bits per heavy atom. The van der Waals surface area contributed by atoms with E-state index in [9.17, 15) is 13.2 Å². The molecule has 5 aromatic heterocycles. The van der Waals surface area contributed by atoms with Crippen LogP contribution < -0.4 is 18.9 Å². The topological polar surface area (TPSA) is 234 Å². The van der Waals surface area contributed by atoms with Crippen LogP contribution in [-0.2, 0) is 82.3 Å². The van der Waals surface area contributed by atoms with Crippen LogP contribution >= 0.6 is 0 Å². The minimum Gasteiger partial charge on any atom is -0.486 e. The molecule has 0 aliphatic heterocycles. The second-order valence-electron chi connectivity index (χ2n) is 19.4. The third-order valence-corrected chi connectivity index (χ3v) is 11.3. The zero-order valence-corrected chi connectivity index (χ0v) is 62.4. The molecular weight excluding hydrogens is 1910 g/mol. The molecule has 0 aliphatic rings. The van der Waals surface area contributed by atoms with Gasteiger partial charge in [-0.3, -0.25) is 33.1 Å². The van der Waals surface area contributed by atoms with Crippen LogP contribution in [0.1, 0.15) is 63.3 Å². The van der Waals surface area contributed by atoms with Crippen molar-refractivity contribution in [3.8, 4) is 79.8 Å². The van der Waals surface area contributed by atoms with Crippen LogP contribution in [0.3, 0.4) is 0 Å². The quantitative estimate of drug-likeness (QED) is 0.0786. The number of pyridine rings is 1. The van der Waals surface area contributed by atoms with Gasteiger partial charge >= 0.3 is 0 Å². The summed E-state index contributed by atoms with van der Waals surface area (Å²) in [5.74, 6) is 0.805. The van der Waals surface area contributed by atoms with E-state index in [1.165, 1.54) is 57.7 Å². The number of aryl methyl sites for hydroxylation is 4. The fourth-order valence-corrected chi connectivity index (χ4v) is 7.39. The Balaban J connectivity index is 0.00000107. The maximum absolute atomic E-state index is 12.8. The number of aromatic nitrogens is 9. The molecular formula is C69H73F3Ir2N9O8Pt2-5. The van der Waals surface area contributed by atoms with Gasteiger partial charge in [0.15, 0.2) is 23.5 Å². The summed E-state index contributed by atoms with van der Waals surface area (Å²) in [6.45, 7) is 14.0. The van der Waals surface area contributed by atoms with Crippen molar-refractivity contribution < 1.29 is 135 Å². The van der Waals surface area contributed by atoms with Crippen molar-refractivity contribution in [3.63, 3.8) is 0 Å². The van der Waals surface area contributed by atoms with Gasteiger partial charge in [-0.05, 0) is 80.0 Å². The Bertz CT molecular complexity index is 3340. The van der Waals surface area contributed by atoms with Gasteiger partial charge in [-0.2, -0.15) is 0 Å². The molecule has 17 nitrogen and oxygen atoms in total. The number of hydrogen-bond donors (Lipinski definition) is 4. The molecule has 0 aliphatic carbocycles. The smallest absolute Gasteiger partial charge is 0.194 e. The van der Waals surface area contributed by atoms with Crippen molar-refractivity contribution in [2.75, 3.05) is 28.4 Å². The van der Waals surface area contributed by atoms with E-state index < -0.39 is 0 Å². The Kier molecular flexibility index (Phi) is 43.5.